The molecule has 1 heteroatoms. The topological polar surface area (TPSA) is 0 Å². The normalized spacial score (nSPS) is 10.6. The van der Waals surface area contributed by atoms with Gasteiger partial charge in [0.05, 0.1) is 0 Å². The van der Waals surface area contributed by atoms with E-state index in [1.54, 1.807) is 0 Å². The average Bonchev–Trinajstić information content (AvgIpc) is 2.69. The molecule has 0 atom stereocenters. The van der Waals surface area contributed by atoms with Crippen molar-refractivity contribution in [3.63, 3.8) is 0 Å². The number of rotatable bonds is 3. The standard InChI is InChI=1S/C24H17B/c25-24-13-7-12-20(17-24)23-15-21(18-8-3-1-4-9-18)14-22(16-23)19-10-5-2-6-11-19/h1-17H. The van der Waals surface area contributed by atoms with E-state index >= 15 is 0 Å². The molecule has 4 aromatic carbocycles. The van der Waals surface area contributed by atoms with E-state index in [1.807, 2.05) is 30.3 Å². The Hall–Kier alpha value is -3.06. The molecular weight excluding hydrogens is 299 g/mol. The van der Waals surface area contributed by atoms with Crippen molar-refractivity contribution in [2.24, 2.45) is 0 Å². The van der Waals surface area contributed by atoms with E-state index in [0.717, 1.165) is 11.0 Å². The zero-order chi connectivity index (χ0) is 17.1. The minimum atomic E-state index is 0.781. The van der Waals surface area contributed by atoms with E-state index in [1.165, 1.54) is 27.8 Å². The van der Waals surface area contributed by atoms with Crippen molar-refractivity contribution in [3.05, 3.63) is 103 Å². The van der Waals surface area contributed by atoms with Crippen LogP contribution in [0.2, 0.25) is 0 Å². The second kappa shape index (κ2) is 6.82. The Morgan fingerprint density at radius 1 is 0.360 bits per heavy atom. The lowest BCUT2D eigenvalue weighted by atomic mass is 9.89. The fraction of sp³-hybridized carbons (Fsp3) is 0. The van der Waals surface area contributed by atoms with Crippen LogP contribution >= 0.6 is 0 Å². The summed E-state index contributed by atoms with van der Waals surface area (Å²) in [5.41, 5.74) is 7.93. The van der Waals surface area contributed by atoms with Crippen molar-refractivity contribution in [2.45, 2.75) is 0 Å². The smallest absolute Gasteiger partial charge is 0.0961 e. The van der Waals surface area contributed by atoms with Gasteiger partial charge in [0.25, 0.3) is 0 Å². The SMILES string of the molecule is [B]c1cccc(-c2cc(-c3ccccc3)cc(-c3ccccc3)c2)c1. The molecule has 0 unspecified atom stereocenters. The van der Waals surface area contributed by atoms with Gasteiger partial charge in [-0.15, -0.1) is 0 Å². The van der Waals surface area contributed by atoms with Gasteiger partial charge in [-0.05, 0) is 51.6 Å². The minimum absolute atomic E-state index is 0.781. The predicted molar refractivity (Wildman–Crippen MR) is 108 cm³/mol. The molecule has 2 radical (unpaired) electrons. The highest BCUT2D eigenvalue weighted by atomic mass is 14.1. The van der Waals surface area contributed by atoms with Gasteiger partial charge in [-0.2, -0.15) is 0 Å². The lowest BCUT2D eigenvalue weighted by Crippen LogP contribution is -2.00. The number of benzene rings is 4. The van der Waals surface area contributed by atoms with Crippen LogP contribution in [0.25, 0.3) is 33.4 Å². The lowest BCUT2D eigenvalue weighted by molar-refractivity contribution is 1.57. The molecule has 0 aliphatic rings. The van der Waals surface area contributed by atoms with Crippen molar-refractivity contribution in [2.75, 3.05) is 0 Å². The van der Waals surface area contributed by atoms with E-state index in [-0.39, 0.29) is 0 Å². The summed E-state index contributed by atoms with van der Waals surface area (Å²) in [6, 6.07) is 35.7. The Kier molecular flexibility index (Phi) is 4.22. The molecule has 0 N–H and O–H groups in total. The molecule has 0 nitrogen and oxygen atoms in total. The molecule has 0 heterocycles. The molecule has 0 aliphatic carbocycles. The fourth-order valence-corrected chi connectivity index (χ4v) is 3.11. The molecule has 0 saturated heterocycles. The van der Waals surface area contributed by atoms with E-state index in [4.69, 9.17) is 7.85 Å². The summed E-state index contributed by atoms with van der Waals surface area (Å²) in [7, 11) is 5.99. The largest absolute Gasteiger partial charge is 0.113 e. The Labute approximate surface area is 150 Å². The van der Waals surface area contributed by atoms with Crippen LogP contribution in [0.1, 0.15) is 0 Å². The molecule has 116 valence electrons. The highest BCUT2D eigenvalue weighted by Gasteiger charge is 2.07. The second-order valence-electron chi connectivity index (χ2n) is 6.16. The van der Waals surface area contributed by atoms with Crippen LogP contribution in [0.4, 0.5) is 0 Å². The van der Waals surface area contributed by atoms with Crippen molar-refractivity contribution >= 4 is 13.3 Å². The first kappa shape index (κ1) is 15.5. The Morgan fingerprint density at radius 2 is 0.800 bits per heavy atom. The predicted octanol–water partition coefficient (Wildman–Crippen LogP) is 5.48. The monoisotopic (exact) mass is 316 g/mol. The Balaban J connectivity index is 1.92. The number of hydrogen-bond acceptors (Lipinski definition) is 0. The van der Waals surface area contributed by atoms with E-state index in [0.29, 0.717) is 0 Å². The van der Waals surface area contributed by atoms with Crippen molar-refractivity contribution in [3.8, 4) is 33.4 Å². The van der Waals surface area contributed by atoms with Crippen LogP contribution in [0, 0.1) is 0 Å². The van der Waals surface area contributed by atoms with Gasteiger partial charge in [-0.1, -0.05) is 90.4 Å². The molecule has 0 spiro atoms. The van der Waals surface area contributed by atoms with Crippen molar-refractivity contribution in [1.82, 2.24) is 0 Å². The molecule has 0 saturated carbocycles. The molecular formula is C24H17B. The van der Waals surface area contributed by atoms with Gasteiger partial charge in [0.15, 0.2) is 0 Å². The zero-order valence-electron chi connectivity index (χ0n) is 13.9. The molecule has 0 aliphatic heterocycles. The summed E-state index contributed by atoms with van der Waals surface area (Å²) in [6.07, 6.45) is 0. The molecule has 0 fully saturated rings. The quantitative estimate of drug-likeness (QED) is 0.439. The maximum atomic E-state index is 5.99. The second-order valence-corrected chi connectivity index (χ2v) is 6.16. The minimum Gasteiger partial charge on any atom is -0.0961 e. The average molecular weight is 316 g/mol. The third-order valence-electron chi connectivity index (χ3n) is 4.37. The molecule has 0 aromatic heterocycles. The van der Waals surface area contributed by atoms with Crippen molar-refractivity contribution in [1.29, 1.82) is 0 Å². The van der Waals surface area contributed by atoms with Crippen LogP contribution in [-0.2, 0) is 0 Å². The van der Waals surface area contributed by atoms with Gasteiger partial charge in [-0.25, -0.2) is 0 Å². The maximum Gasteiger partial charge on any atom is 0.113 e. The van der Waals surface area contributed by atoms with Crippen LogP contribution in [-0.4, -0.2) is 7.85 Å². The first-order valence-electron chi connectivity index (χ1n) is 8.41. The summed E-state index contributed by atoms with van der Waals surface area (Å²) >= 11 is 0. The lowest BCUT2D eigenvalue weighted by Gasteiger charge is -2.12. The van der Waals surface area contributed by atoms with E-state index < -0.39 is 0 Å². The van der Waals surface area contributed by atoms with Gasteiger partial charge < -0.3 is 0 Å². The summed E-state index contributed by atoms with van der Waals surface area (Å²) in [4.78, 5) is 0. The first-order chi connectivity index (χ1) is 12.3. The molecule has 0 bridgehead atoms. The summed E-state index contributed by atoms with van der Waals surface area (Å²) < 4.78 is 0. The Bertz CT molecular complexity index is 931. The van der Waals surface area contributed by atoms with Crippen LogP contribution < -0.4 is 5.46 Å². The van der Waals surface area contributed by atoms with E-state index in [9.17, 15) is 0 Å². The van der Waals surface area contributed by atoms with Crippen LogP contribution in [0.15, 0.2) is 103 Å². The summed E-state index contributed by atoms with van der Waals surface area (Å²) in [5, 5.41) is 0. The van der Waals surface area contributed by atoms with E-state index in [2.05, 4.69) is 72.8 Å². The summed E-state index contributed by atoms with van der Waals surface area (Å²) in [6.45, 7) is 0. The first-order valence-corrected chi connectivity index (χ1v) is 8.41. The third-order valence-corrected chi connectivity index (χ3v) is 4.37. The molecule has 0 amide bonds. The molecule has 4 aromatic rings. The third kappa shape index (κ3) is 3.41. The van der Waals surface area contributed by atoms with Gasteiger partial charge >= 0.3 is 0 Å². The Morgan fingerprint density at radius 3 is 1.28 bits per heavy atom. The molecule has 4 rings (SSSR count). The van der Waals surface area contributed by atoms with Gasteiger partial charge in [-0.3, -0.25) is 0 Å². The number of hydrogen-bond donors (Lipinski definition) is 0. The highest BCUT2D eigenvalue weighted by molar-refractivity contribution is 6.32. The highest BCUT2D eigenvalue weighted by Crippen LogP contribution is 2.32. The maximum absolute atomic E-state index is 5.99. The van der Waals surface area contributed by atoms with Gasteiger partial charge in [0.1, 0.15) is 7.85 Å². The van der Waals surface area contributed by atoms with Gasteiger partial charge in [0, 0.05) is 0 Å². The zero-order valence-corrected chi connectivity index (χ0v) is 13.9. The molecule has 25 heavy (non-hydrogen) atoms. The van der Waals surface area contributed by atoms with Crippen molar-refractivity contribution < 1.29 is 0 Å². The van der Waals surface area contributed by atoms with Gasteiger partial charge in [0.2, 0.25) is 0 Å². The summed E-state index contributed by atoms with van der Waals surface area (Å²) in [5.74, 6) is 0. The van der Waals surface area contributed by atoms with Crippen LogP contribution in [0.3, 0.4) is 0 Å². The fourth-order valence-electron chi connectivity index (χ4n) is 3.11. The van der Waals surface area contributed by atoms with Crippen LogP contribution in [0.5, 0.6) is 0 Å².